The average molecular weight is 739 g/mol. The third kappa shape index (κ3) is 5.67. The van der Waals surface area contributed by atoms with Crippen LogP contribution < -0.4 is 0 Å². The standard InChI is InChI=1S/C46H58O8/c1-27(2)28-18-23-46(26-53-40(51)31-14-10-8-12-29(31)38(47)48)25-24-44(6)33(37(28)46)16-17-35-43(5)21-20-36(42(3,4)34(43)19-22-45(35,44)7)54-41(52)32-15-11-9-13-30(32)39(49)50/h8-15,28,33-37H,1,16-26H2,2-7H3,(H,47,48)(H,49,50)/t28-,33-,34-,35+,36+,37-,43+,44+,45-,46-/m1/s1. The Hall–Kier alpha value is -3.94. The molecule has 0 spiro atoms. The fraction of sp³-hybridized carbons (Fsp3) is 0.609. The average Bonchev–Trinajstić information content (AvgIpc) is 3.52. The van der Waals surface area contributed by atoms with Gasteiger partial charge in [-0.25, -0.2) is 19.2 Å². The van der Waals surface area contributed by atoms with Crippen LogP contribution >= 0.6 is 0 Å². The number of carboxylic acid groups (broad SMARTS) is 2. The highest BCUT2D eigenvalue weighted by Gasteiger charge is 2.71. The van der Waals surface area contributed by atoms with Crippen LogP contribution in [0.3, 0.4) is 0 Å². The van der Waals surface area contributed by atoms with E-state index < -0.39 is 23.9 Å². The number of carbonyl (C=O) groups is 4. The molecular weight excluding hydrogens is 680 g/mol. The molecule has 10 atom stereocenters. The summed E-state index contributed by atoms with van der Waals surface area (Å²) in [6.07, 6.45) is 9.77. The number of allylic oxidation sites excluding steroid dienone is 1. The molecule has 8 nitrogen and oxygen atoms in total. The summed E-state index contributed by atoms with van der Waals surface area (Å²) in [6, 6.07) is 12.6. The van der Waals surface area contributed by atoms with Gasteiger partial charge in [-0.15, -0.1) is 0 Å². The minimum absolute atomic E-state index is 0.0336. The van der Waals surface area contributed by atoms with Gasteiger partial charge in [-0.1, -0.05) is 71.0 Å². The van der Waals surface area contributed by atoms with Gasteiger partial charge in [0.2, 0.25) is 0 Å². The molecule has 0 unspecified atom stereocenters. The summed E-state index contributed by atoms with van der Waals surface area (Å²) in [5.74, 6) is -1.43. The van der Waals surface area contributed by atoms with Crippen molar-refractivity contribution >= 4 is 23.9 Å². The van der Waals surface area contributed by atoms with Crippen molar-refractivity contribution in [1.82, 2.24) is 0 Å². The molecule has 5 aliphatic carbocycles. The predicted octanol–water partition coefficient (Wildman–Crippen LogP) is 10.1. The molecule has 2 aromatic rings. The highest BCUT2D eigenvalue weighted by molar-refractivity contribution is 6.03. The number of hydrogen-bond acceptors (Lipinski definition) is 6. The third-order valence-electron chi connectivity index (χ3n) is 16.7. The fourth-order valence-corrected chi connectivity index (χ4v) is 13.9. The Kier molecular flexibility index (Phi) is 9.49. The number of fused-ring (bicyclic) bond motifs is 7. The van der Waals surface area contributed by atoms with Gasteiger partial charge >= 0.3 is 23.9 Å². The van der Waals surface area contributed by atoms with Crippen LogP contribution in [-0.4, -0.2) is 46.8 Å². The molecule has 2 N–H and O–H groups in total. The summed E-state index contributed by atoms with van der Waals surface area (Å²) >= 11 is 0. The largest absolute Gasteiger partial charge is 0.478 e. The number of esters is 2. The van der Waals surface area contributed by atoms with Crippen molar-refractivity contribution in [2.45, 2.75) is 112 Å². The molecule has 5 fully saturated rings. The first-order chi connectivity index (χ1) is 25.4. The topological polar surface area (TPSA) is 127 Å². The predicted molar refractivity (Wildman–Crippen MR) is 205 cm³/mol. The molecule has 0 saturated heterocycles. The van der Waals surface area contributed by atoms with Crippen molar-refractivity contribution in [3.8, 4) is 0 Å². The molecular formula is C46H58O8. The van der Waals surface area contributed by atoms with Gasteiger partial charge < -0.3 is 19.7 Å². The Morgan fingerprint density at radius 1 is 0.685 bits per heavy atom. The lowest BCUT2D eigenvalue weighted by molar-refractivity contribution is -0.249. The second-order valence-corrected chi connectivity index (χ2v) is 19.1. The molecule has 0 amide bonds. The van der Waals surface area contributed by atoms with Crippen molar-refractivity contribution in [1.29, 1.82) is 0 Å². The van der Waals surface area contributed by atoms with Crippen LogP contribution in [0.4, 0.5) is 0 Å². The molecule has 0 bridgehead atoms. The Morgan fingerprint density at radius 3 is 1.87 bits per heavy atom. The molecule has 0 radical (unpaired) electrons. The summed E-state index contributed by atoms with van der Waals surface area (Å²) in [6.45, 7) is 19.1. The van der Waals surface area contributed by atoms with E-state index in [1.54, 1.807) is 36.4 Å². The number of benzene rings is 2. The number of hydrogen-bond donors (Lipinski definition) is 2. The highest BCUT2D eigenvalue weighted by atomic mass is 16.5. The Labute approximate surface area is 320 Å². The normalized spacial score (nSPS) is 37.7. The molecule has 5 aliphatic rings. The van der Waals surface area contributed by atoms with Crippen molar-refractivity contribution in [2.24, 2.45) is 56.7 Å². The molecule has 290 valence electrons. The smallest absolute Gasteiger partial charge is 0.339 e. The number of aromatic carboxylic acids is 2. The van der Waals surface area contributed by atoms with Crippen molar-refractivity contribution in [2.75, 3.05) is 6.61 Å². The van der Waals surface area contributed by atoms with Gasteiger partial charge in [0.25, 0.3) is 0 Å². The lowest BCUT2D eigenvalue weighted by atomic mass is 9.32. The lowest BCUT2D eigenvalue weighted by Gasteiger charge is -2.73. The maximum absolute atomic E-state index is 13.5. The monoisotopic (exact) mass is 738 g/mol. The summed E-state index contributed by atoms with van der Waals surface area (Å²) in [7, 11) is 0. The molecule has 8 heteroatoms. The quantitative estimate of drug-likeness (QED) is 0.202. The van der Waals surface area contributed by atoms with Crippen molar-refractivity contribution in [3.63, 3.8) is 0 Å². The van der Waals surface area contributed by atoms with E-state index in [2.05, 4.69) is 48.1 Å². The Bertz CT molecular complexity index is 1880. The zero-order valence-corrected chi connectivity index (χ0v) is 32.9. The van der Waals surface area contributed by atoms with Crippen LogP contribution in [-0.2, 0) is 9.47 Å². The SMILES string of the molecule is C=C(C)[C@H]1CC[C@]2(COC(=O)c3ccccc3C(=O)O)CC[C@@]3(C)[C@H](CC[C@H]4[C@@]5(C)CC[C@H](OC(=O)c6ccccc6C(=O)O)C(C)(C)[C@H]5CC[C@]43C)[C@@H]12. The van der Waals surface area contributed by atoms with Crippen LogP contribution in [0.25, 0.3) is 0 Å². The maximum Gasteiger partial charge on any atom is 0.339 e. The second-order valence-electron chi connectivity index (χ2n) is 19.1. The van der Waals surface area contributed by atoms with Crippen LogP contribution in [0.5, 0.6) is 0 Å². The van der Waals surface area contributed by atoms with E-state index in [9.17, 15) is 29.4 Å². The van der Waals surface area contributed by atoms with Gasteiger partial charge in [0, 0.05) is 10.8 Å². The van der Waals surface area contributed by atoms with Crippen LogP contribution in [0.2, 0.25) is 0 Å². The van der Waals surface area contributed by atoms with Crippen molar-refractivity contribution < 1.29 is 38.9 Å². The lowest BCUT2D eigenvalue weighted by Crippen LogP contribution is -2.67. The first-order valence-electron chi connectivity index (χ1n) is 20.1. The minimum Gasteiger partial charge on any atom is -0.478 e. The fourth-order valence-electron chi connectivity index (χ4n) is 13.9. The molecule has 7 rings (SSSR count). The van der Waals surface area contributed by atoms with E-state index in [1.165, 1.54) is 17.7 Å². The number of ether oxygens (including phenoxy) is 2. The Morgan fingerprint density at radius 2 is 1.28 bits per heavy atom. The maximum atomic E-state index is 13.5. The van der Waals surface area contributed by atoms with Gasteiger partial charge in [0.15, 0.2) is 0 Å². The van der Waals surface area contributed by atoms with E-state index >= 15 is 0 Å². The Balaban J connectivity index is 1.14. The van der Waals surface area contributed by atoms with Crippen LogP contribution in [0.1, 0.15) is 147 Å². The second kappa shape index (κ2) is 13.4. The van der Waals surface area contributed by atoms with Crippen LogP contribution in [0.15, 0.2) is 60.7 Å². The van der Waals surface area contributed by atoms with Gasteiger partial charge in [0.1, 0.15) is 6.10 Å². The summed E-state index contributed by atoms with van der Waals surface area (Å²) in [5.41, 5.74) is 1.09. The highest BCUT2D eigenvalue weighted by Crippen LogP contribution is 2.77. The van der Waals surface area contributed by atoms with E-state index in [4.69, 9.17) is 9.47 Å². The molecule has 54 heavy (non-hydrogen) atoms. The molecule has 2 aromatic carbocycles. The molecule has 0 heterocycles. The molecule has 5 saturated carbocycles. The summed E-state index contributed by atoms with van der Waals surface area (Å²) in [4.78, 5) is 50.7. The first-order valence-corrected chi connectivity index (χ1v) is 20.1. The van der Waals surface area contributed by atoms with E-state index in [0.717, 1.165) is 64.2 Å². The first kappa shape index (κ1) is 38.3. The van der Waals surface area contributed by atoms with Gasteiger partial charge in [-0.3, -0.25) is 0 Å². The summed E-state index contributed by atoms with van der Waals surface area (Å²) < 4.78 is 12.4. The zero-order valence-electron chi connectivity index (χ0n) is 32.9. The van der Waals surface area contributed by atoms with E-state index in [1.807, 2.05) is 0 Å². The van der Waals surface area contributed by atoms with Crippen molar-refractivity contribution in [3.05, 3.63) is 82.9 Å². The van der Waals surface area contributed by atoms with E-state index in [-0.39, 0.29) is 55.4 Å². The van der Waals surface area contributed by atoms with Crippen LogP contribution in [0, 0.1) is 56.7 Å². The van der Waals surface area contributed by atoms with Gasteiger partial charge in [-0.2, -0.15) is 0 Å². The summed E-state index contributed by atoms with van der Waals surface area (Å²) in [5, 5.41) is 19.5. The number of carbonyl (C=O) groups excluding carboxylic acids is 2. The van der Waals surface area contributed by atoms with E-state index in [0.29, 0.717) is 36.2 Å². The molecule has 0 aliphatic heterocycles. The number of carboxylic acids is 2. The van der Waals surface area contributed by atoms with Gasteiger partial charge in [0.05, 0.1) is 28.9 Å². The molecule has 0 aromatic heterocycles. The third-order valence-corrected chi connectivity index (χ3v) is 16.7. The zero-order chi connectivity index (χ0) is 39.0. The van der Waals surface area contributed by atoms with Gasteiger partial charge in [-0.05, 0) is 141 Å². The number of rotatable bonds is 8. The minimum atomic E-state index is -1.14.